The second-order valence-electron chi connectivity index (χ2n) is 7.45. The van der Waals surface area contributed by atoms with E-state index in [1.807, 2.05) is 18.2 Å². The molecular formula is C19H29N3O2. The molecule has 2 aliphatic rings. The molecule has 5 heteroatoms. The molecule has 2 fully saturated rings. The molecule has 0 aliphatic carbocycles. The van der Waals surface area contributed by atoms with Gasteiger partial charge in [0.25, 0.3) is 0 Å². The standard InChI is InChI=1S/C19H29N3O2/c1-15-6-5-7-16(2)22(15)18(23)14-21-12-9-19(24,10-13-21)17-8-3-4-11-20-17/h3-4,8,11,15-16,24H,5-7,9-10,12-14H2,1-2H3/t15-,16-/m0/s1. The third-order valence-electron chi connectivity index (χ3n) is 5.67. The van der Waals surface area contributed by atoms with Gasteiger partial charge in [-0.25, -0.2) is 0 Å². The zero-order chi connectivity index (χ0) is 17.2. The summed E-state index contributed by atoms with van der Waals surface area (Å²) in [7, 11) is 0. The summed E-state index contributed by atoms with van der Waals surface area (Å²) in [6.07, 6.45) is 6.41. The second-order valence-corrected chi connectivity index (χ2v) is 7.45. The molecule has 2 aliphatic heterocycles. The van der Waals surface area contributed by atoms with E-state index in [9.17, 15) is 9.90 Å². The molecule has 132 valence electrons. The number of nitrogens with zero attached hydrogens (tertiary/aromatic N) is 3. The quantitative estimate of drug-likeness (QED) is 0.922. The van der Waals surface area contributed by atoms with E-state index in [-0.39, 0.29) is 5.91 Å². The Morgan fingerprint density at radius 1 is 1.25 bits per heavy atom. The van der Waals surface area contributed by atoms with Gasteiger partial charge in [0, 0.05) is 31.4 Å². The number of piperidine rings is 2. The summed E-state index contributed by atoms with van der Waals surface area (Å²) in [4.78, 5) is 21.3. The molecule has 1 amide bonds. The van der Waals surface area contributed by atoms with Gasteiger partial charge >= 0.3 is 0 Å². The van der Waals surface area contributed by atoms with Gasteiger partial charge in [0.1, 0.15) is 5.60 Å². The highest BCUT2D eigenvalue weighted by Gasteiger charge is 2.36. The molecule has 3 rings (SSSR count). The molecule has 1 N–H and O–H groups in total. The minimum absolute atomic E-state index is 0.234. The zero-order valence-corrected chi connectivity index (χ0v) is 14.8. The van der Waals surface area contributed by atoms with Crippen molar-refractivity contribution in [2.75, 3.05) is 19.6 Å². The molecule has 2 saturated heterocycles. The highest BCUT2D eigenvalue weighted by atomic mass is 16.3. The summed E-state index contributed by atoms with van der Waals surface area (Å²) in [6, 6.07) is 6.35. The number of aromatic nitrogens is 1. The number of carbonyl (C=O) groups is 1. The number of pyridine rings is 1. The van der Waals surface area contributed by atoms with Crippen molar-refractivity contribution in [3.63, 3.8) is 0 Å². The lowest BCUT2D eigenvalue weighted by atomic mass is 9.87. The monoisotopic (exact) mass is 331 g/mol. The molecule has 0 radical (unpaired) electrons. The van der Waals surface area contributed by atoms with Crippen molar-refractivity contribution in [2.45, 2.75) is 63.6 Å². The first-order chi connectivity index (χ1) is 11.5. The Bertz CT molecular complexity index is 545. The number of hydrogen-bond acceptors (Lipinski definition) is 4. The van der Waals surface area contributed by atoms with E-state index in [1.54, 1.807) is 6.20 Å². The largest absolute Gasteiger partial charge is 0.383 e. The van der Waals surface area contributed by atoms with Gasteiger partial charge in [-0.3, -0.25) is 14.7 Å². The van der Waals surface area contributed by atoms with Crippen molar-refractivity contribution >= 4 is 5.91 Å². The Morgan fingerprint density at radius 2 is 1.92 bits per heavy atom. The summed E-state index contributed by atoms with van der Waals surface area (Å²) in [5.41, 5.74) is -0.110. The van der Waals surface area contributed by atoms with Crippen molar-refractivity contribution < 1.29 is 9.90 Å². The molecule has 5 nitrogen and oxygen atoms in total. The number of likely N-dealkylation sites (tertiary alicyclic amines) is 2. The Hall–Kier alpha value is -1.46. The van der Waals surface area contributed by atoms with Gasteiger partial charge in [0.2, 0.25) is 5.91 Å². The van der Waals surface area contributed by atoms with E-state index < -0.39 is 5.60 Å². The molecule has 0 spiro atoms. The summed E-state index contributed by atoms with van der Waals surface area (Å²) in [5.74, 6) is 0.234. The molecule has 0 bridgehead atoms. The van der Waals surface area contributed by atoms with Crippen molar-refractivity contribution in [3.05, 3.63) is 30.1 Å². The summed E-state index contributed by atoms with van der Waals surface area (Å²) >= 11 is 0. The Labute approximate surface area is 144 Å². The van der Waals surface area contributed by atoms with Crippen LogP contribution < -0.4 is 0 Å². The van der Waals surface area contributed by atoms with E-state index in [4.69, 9.17) is 0 Å². The van der Waals surface area contributed by atoms with Gasteiger partial charge in [0.05, 0.1) is 12.2 Å². The SMILES string of the molecule is C[C@H]1CCC[C@H](C)N1C(=O)CN1CCC(O)(c2ccccn2)CC1. The highest BCUT2D eigenvalue weighted by molar-refractivity contribution is 5.79. The first-order valence-corrected chi connectivity index (χ1v) is 9.17. The molecular weight excluding hydrogens is 302 g/mol. The predicted molar refractivity (Wildman–Crippen MR) is 93.4 cm³/mol. The predicted octanol–water partition coefficient (Wildman–Crippen LogP) is 2.15. The average molecular weight is 331 g/mol. The Morgan fingerprint density at radius 3 is 2.50 bits per heavy atom. The van der Waals surface area contributed by atoms with E-state index in [0.717, 1.165) is 31.6 Å². The van der Waals surface area contributed by atoms with Crippen molar-refractivity contribution in [3.8, 4) is 0 Å². The summed E-state index contributed by atoms with van der Waals surface area (Å²) < 4.78 is 0. The molecule has 0 unspecified atom stereocenters. The van der Waals surface area contributed by atoms with Crippen molar-refractivity contribution in [2.24, 2.45) is 0 Å². The number of amides is 1. The minimum atomic E-state index is -0.855. The van der Waals surface area contributed by atoms with Crippen LogP contribution in [0.4, 0.5) is 0 Å². The van der Waals surface area contributed by atoms with Crippen LogP contribution in [-0.4, -0.2) is 57.5 Å². The lowest BCUT2D eigenvalue weighted by molar-refractivity contribution is -0.139. The number of rotatable bonds is 3. The van der Waals surface area contributed by atoms with Gasteiger partial charge in [-0.2, -0.15) is 0 Å². The number of carbonyl (C=O) groups excluding carboxylic acids is 1. The normalized spacial score (nSPS) is 27.9. The molecule has 0 saturated carbocycles. The Balaban J connectivity index is 1.56. The van der Waals surface area contributed by atoms with Crippen LogP contribution >= 0.6 is 0 Å². The fraction of sp³-hybridized carbons (Fsp3) is 0.684. The van der Waals surface area contributed by atoms with Crippen molar-refractivity contribution in [1.82, 2.24) is 14.8 Å². The molecule has 3 heterocycles. The first kappa shape index (κ1) is 17.4. The summed E-state index contributed by atoms with van der Waals surface area (Å²) in [6.45, 7) is 6.24. The van der Waals surface area contributed by atoms with Gasteiger partial charge in [0.15, 0.2) is 0 Å². The van der Waals surface area contributed by atoms with Crippen molar-refractivity contribution in [1.29, 1.82) is 0 Å². The highest BCUT2D eigenvalue weighted by Crippen LogP contribution is 2.31. The van der Waals surface area contributed by atoms with Crippen LogP contribution in [0, 0.1) is 0 Å². The van der Waals surface area contributed by atoms with Crippen LogP contribution in [0.15, 0.2) is 24.4 Å². The van der Waals surface area contributed by atoms with E-state index in [0.29, 0.717) is 31.5 Å². The van der Waals surface area contributed by atoms with Gasteiger partial charge < -0.3 is 10.0 Å². The number of hydrogen-bond donors (Lipinski definition) is 1. The molecule has 1 aromatic rings. The molecule has 24 heavy (non-hydrogen) atoms. The van der Waals surface area contributed by atoms with E-state index in [2.05, 4.69) is 28.6 Å². The lowest BCUT2D eigenvalue weighted by Gasteiger charge is -2.42. The van der Waals surface area contributed by atoms with Crippen LogP contribution in [0.3, 0.4) is 0 Å². The van der Waals surface area contributed by atoms with Gasteiger partial charge in [-0.1, -0.05) is 6.07 Å². The van der Waals surface area contributed by atoms with Gasteiger partial charge in [-0.05, 0) is 58.1 Å². The fourth-order valence-corrected chi connectivity index (χ4v) is 4.16. The van der Waals surface area contributed by atoms with Crippen LogP contribution in [0.25, 0.3) is 0 Å². The van der Waals surface area contributed by atoms with Crippen LogP contribution in [-0.2, 0) is 10.4 Å². The summed E-state index contributed by atoms with van der Waals surface area (Å²) in [5, 5.41) is 10.8. The topological polar surface area (TPSA) is 56.7 Å². The van der Waals surface area contributed by atoms with E-state index in [1.165, 1.54) is 6.42 Å². The zero-order valence-electron chi connectivity index (χ0n) is 14.8. The first-order valence-electron chi connectivity index (χ1n) is 9.17. The minimum Gasteiger partial charge on any atom is -0.383 e. The van der Waals surface area contributed by atoms with Crippen LogP contribution in [0.5, 0.6) is 0 Å². The molecule has 1 aromatic heterocycles. The number of aliphatic hydroxyl groups is 1. The van der Waals surface area contributed by atoms with E-state index >= 15 is 0 Å². The van der Waals surface area contributed by atoms with Crippen LogP contribution in [0.2, 0.25) is 0 Å². The second kappa shape index (κ2) is 7.19. The third kappa shape index (κ3) is 3.62. The lowest BCUT2D eigenvalue weighted by Crippen LogP contribution is -2.53. The molecule has 0 aromatic carbocycles. The maximum atomic E-state index is 12.7. The van der Waals surface area contributed by atoms with Crippen LogP contribution in [0.1, 0.15) is 51.6 Å². The molecule has 2 atom stereocenters. The maximum absolute atomic E-state index is 12.7. The fourth-order valence-electron chi connectivity index (χ4n) is 4.16. The van der Waals surface area contributed by atoms with Gasteiger partial charge in [-0.15, -0.1) is 0 Å². The third-order valence-corrected chi connectivity index (χ3v) is 5.67. The maximum Gasteiger partial charge on any atom is 0.237 e. The average Bonchev–Trinajstić information content (AvgIpc) is 2.58. The Kier molecular flexibility index (Phi) is 5.21. The smallest absolute Gasteiger partial charge is 0.237 e.